The quantitative estimate of drug-likeness (QED) is 0.640. The first-order chi connectivity index (χ1) is 14.0. The first-order valence-electron chi connectivity index (χ1n) is 9.09. The number of carbonyl (C=O) groups is 2. The molecule has 2 aromatic carbocycles. The minimum atomic E-state index is -0.163. The van der Waals surface area contributed by atoms with Gasteiger partial charge in [-0.3, -0.25) is 9.59 Å². The average Bonchev–Trinajstić information content (AvgIpc) is 3.43. The van der Waals surface area contributed by atoms with Crippen LogP contribution in [0.5, 0.6) is 11.5 Å². The first-order valence-corrected chi connectivity index (χ1v) is 9.97. The summed E-state index contributed by atoms with van der Waals surface area (Å²) in [6.45, 7) is 0.623. The van der Waals surface area contributed by atoms with Crippen LogP contribution in [0.1, 0.15) is 25.6 Å². The first kappa shape index (κ1) is 19.0. The summed E-state index contributed by atoms with van der Waals surface area (Å²) in [5.74, 6) is 1.09. The van der Waals surface area contributed by atoms with E-state index >= 15 is 0 Å². The molecule has 2 amide bonds. The van der Waals surface area contributed by atoms with Crippen molar-refractivity contribution < 1.29 is 19.1 Å². The predicted molar refractivity (Wildman–Crippen MR) is 112 cm³/mol. The summed E-state index contributed by atoms with van der Waals surface area (Å²) in [5, 5.41) is 1.86. The van der Waals surface area contributed by atoms with Gasteiger partial charge in [0.15, 0.2) is 11.5 Å². The molecule has 3 aromatic rings. The van der Waals surface area contributed by atoms with Gasteiger partial charge in [0.25, 0.3) is 11.8 Å². The molecular formula is C22H20N2O4S. The summed E-state index contributed by atoms with van der Waals surface area (Å²) in [4.78, 5) is 29.7. The van der Waals surface area contributed by atoms with E-state index < -0.39 is 0 Å². The van der Waals surface area contributed by atoms with Gasteiger partial charge in [-0.1, -0.05) is 24.3 Å². The van der Waals surface area contributed by atoms with Crippen molar-refractivity contribution in [3.63, 3.8) is 0 Å². The zero-order valence-electron chi connectivity index (χ0n) is 16.1. The van der Waals surface area contributed by atoms with Crippen LogP contribution in [0.4, 0.5) is 5.69 Å². The van der Waals surface area contributed by atoms with Crippen molar-refractivity contribution in [1.29, 1.82) is 0 Å². The van der Waals surface area contributed by atoms with Crippen LogP contribution in [0.15, 0.2) is 60.0 Å². The third-order valence-corrected chi connectivity index (χ3v) is 5.59. The zero-order chi connectivity index (χ0) is 20.4. The lowest BCUT2D eigenvalue weighted by Crippen LogP contribution is -2.31. The largest absolute Gasteiger partial charge is 0.454 e. The van der Waals surface area contributed by atoms with Gasteiger partial charge in [-0.05, 0) is 41.3 Å². The van der Waals surface area contributed by atoms with E-state index in [0.717, 1.165) is 5.56 Å². The van der Waals surface area contributed by atoms with Gasteiger partial charge in [0.2, 0.25) is 6.79 Å². The smallest absolute Gasteiger partial charge is 0.268 e. The number of rotatable bonds is 5. The minimum absolute atomic E-state index is 0.140. The van der Waals surface area contributed by atoms with Crippen molar-refractivity contribution in [1.82, 2.24) is 4.90 Å². The molecule has 0 spiro atoms. The lowest BCUT2D eigenvalue weighted by atomic mass is 10.1. The molecule has 0 aliphatic carbocycles. The Labute approximate surface area is 172 Å². The molecule has 7 heteroatoms. The van der Waals surface area contributed by atoms with E-state index in [0.29, 0.717) is 34.2 Å². The highest BCUT2D eigenvalue weighted by Gasteiger charge is 2.22. The van der Waals surface area contributed by atoms with Gasteiger partial charge in [-0.2, -0.15) is 0 Å². The number of hydrogen-bond acceptors (Lipinski definition) is 5. The van der Waals surface area contributed by atoms with Crippen molar-refractivity contribution in [3.8, 4) is 11.5 Å². The van der Waals surface area contributed by atoms with E-state index in [1.54, 1.807) is 43.3 Å². The van der Waals surface area contributed by atoms with Crippen molar-refractivity contribution in [2.75, 3.05) is 25.8 Å². The second-order valence-corrected chi connectivity index (χ2v) is 7.66. The highest BCUT2D eigenvalue weighted by Crippen LogP contribution is 2.33. The second kappa shape index (κ2) is 7.97. The Morgan fingerprint density at radius 3 is 2.55 bits per heavy atom. The zero-order valence-corrected chi connectivity index (χ0v) is 16.9. The normalized spacial score (nSPS) is 11.9. The minimum Gasteiger partial charge on any atom is -0.454 e. The monoisotopic (exact) mass is 408 g/mol. The fraction of sp³-hybridized carbons (Fsp3) is 0.182. The van der Waals surface area contributed by atoms with E-state index in [-0.39, 0.29) is 18.6 Å². The van der Waals surface area contributed by atoms with Crippen LogP contribution in [0.3, 0.4) is 0 Å². The van der Waals surface area contributed by atoms with E-state index in [4.69, 9.17) is 9.47 Å². The molecule has 0 bridgehead atoms. The Morgan fingerprint density at radius 2 is 1.76 bits per heavy atom. The Balaban J connectivity index is 1.55. The van der Waals surface area contributed by atoms with Gasteiger partial charge in [0.1, 0.15) is 0 Å². The molecule has 0 fully saturated rings. The molecule has 29 heavy (non-hydrogen) atoms. The number of para-hydroxylation sites is 1. The van der Waals surface area contributed by atoms with Gasteiger partial charge in [-0.15, -0.1) is 11.3 Å². The maximum atomic E-state index is 13.2. The number of hydrogen-bond donors (Lipinski definition) is 0. The molecule has 0 N–H and O–H groups in total. The lowest BCUT2D eigenvalue weighted by molar-refractivity contribution is 0.0785. The molecule has 1 aromatic heterocycles. The maximum Gasteiger partial charge on any atom is 0.268 e. The average molecular weight is 408 g/mol. The van der Waals surface area contributed by atoms with Crippen LogP contribution in [0.25, 0.3) is 0 Å². The van der Waals surface area contributed by atoms with Crippen LogP contribution in [0.2, 0.25) is 0 Å². The number of carbonyl (C=O) groups excluding carboxylic acids is 2. The molecule has 148 valence electrons. The number of amides is 2. The van der Waals surface area contributed by atoms with Gasteiger partial charge in [0.05, 0.1) is 16.1 Å². The van der Waals surface area contributed by atoms with Crippen LogP contribution in [-0.4, -0.2) is 37.6 Å². The summed E-state index contributed by atoms with van der Waals surface area (Å²) in [6, 6.07) is 16.4. The Morgan fingerprint density at radius 1 is 0.966 bits per heavy atom. The van der Waals surface area contributed by atoms with Crippen molar-refractivity contribution in [3.05, 3.63) is 76.0 Å². The number of anilines is 1. The molecule has 0 unspecified atom stereocenters. The van der Waals surface area contributed by atoms with Gasteiger partial charge in [-0.25, -0.2) is 0 Å². The van der Waals surface area contributed by atoms with Crippen molar-refractivity contribution in [2.45, 2.75) is 6.54 Å². The Hall–Kier alpha value is -3.32. The lowest BCUT2D eigenvalue weighted by Gasteiger charge is -2.23. The summed E-state index contributed by atoms with van der Waals surface area (Å²) in [7, 11) is 3.43. The molecule has 0 atom stereocenters. The molecule has 0 saturated carbocycles. The van der Waals surface area contributed by atoms with E-state index in [9.17, 15) is 9.59 Å². The third-order valence-electron chi connectivity index (χ3n) is 4.74. The molecule has 0 saturated heterocycles. The van der Waals surface area contributed by atoms with Gasteiger partial charge < -0.3 is 19.3 Å². The van der Waals surface area contributed by atoms with Crippen LogP contribution in [0, 0.1) is 0 Å². The molecule has 1 aliphatic rings. The number of fused-ring (bicyclic) bond motifs is 1. The fourth-order valence-electron chi connectivity index (χ4n) is 3.21. The summed E-state index contributed by atoms with van der Waals surface area (Å²) < 4.78 is 10.7. The summed E-state index contributed by atoms with van der Waals surface area (Å²) in [5.41, 5.74) is 1.99. The van der Waals surface area contributed by atoms with Crippen LogP contribution >= 0.6 is 11.3 Å². The molecular weight excluding hydrogens is 388 g/mol. The standard InChI is InChI=1S/C22H20N2O4S/c1-23(13-15-9-10-18-19(12-15)28-14-27-18)21(25)16-6-3-4-7-17(16)24(2)22(26)20-8-5-11-29-20/h3-12H,13-14H2,1-2H3. The highest BCUT2D eigenvalue weighted by molar-refractivity contribution is 7.12. The highest BCUT2D eigenvalue weighted by atomic mass is 32.1. The molecule has 4 rings (SSSR count). The Bertz CT molecular complexity index is 1050. The summed E-state index contributed by atoms with van der Waals surface area (Å²) in [6.07, 6.45) is 0. The Kier molecular flexibility index (Phi) is 5.22. The summed E-state index contributed by atoms with van der Waals surface area (Å²) >= 11 is 1.38. The number of benzene rings is 2. The fourth-order valence-corrected chi connectivity index (χ4v) is 3.91. The van der Waals surface area contributed by atoms with Crippen LogP contribution in [-0.2, 0) is 6.54 Å². The van der Waals surface area contributed by atoms with Crippen molar-refractivity contribution in [2.24, 2.45) is 0 Å². The second-order valence-electron chi connectivity index (χ2n) is 6.71. The van der Waals surface area contributed by atoms with Crippen LogP contribution < -0.4 is 14.4 Å². The number of thiophene rings is 1. The SMILES string of the molecule is CN(Cc1ccc2c(c1)OCO2)C(=O)c1ccccc1N(C)C(=O)c1cccs1. The third kappa shape index (κ3) is 3.82. The topological polar surface area (TPSA) is 59.1 Å². The van der Waals surface area contributed by atoms with E-state index in [1.807, 2.05) is 35.7 Å². The van der Waals surface area contributed by atoms with Gasteiger partial charge >= 0.3 is 0 Å². The molecule has 2 heterocycles. The maximum absolute atomic E-state index is 13.2. The molecule has 0 radical (unpaired) electrons. The van der Waals surface area contributed by atoms with Gasteiger partial charge in [0, 0.05) is 20.6 Å². The number of nitrogens with zero attached hydrogens (tertiary/aromatic N) is 2. The van der Waals surface area contributed by atoms with E-state index in [2.05, 4.69) is 0 Å². The van der Waals surface area contributed by atoms with Crippen molar-refractivity contribution >= 4 is 28.8 Å². The van der Waals surface area contributed by atoms with E-state index in [1.165, 1.54) is 16.2 Å². The molecule has 6 nitrogen and oxygen atoms in total. The predicted octanol–water partition coefficient (Wildman–Crippen LogP) is 4.03. The number of ether oxygens (including phenoxy) is 2. The molecule has 1 aliphatic heterocycles.